The third-order valence-corrected chi connectivity index (χ3v) is 5.51. The van der Waals surface area contributed by atoms with Crippen LogP contribution in [0.1, 0.15) is 142 Å². The molecule has 0 heterocycles. The number of ether oxygens (including phenoxy) is 1. The SMILES string of the molecule is CCCCC=CCCCCCCCC(=O)OC(=O)CCCCCCCC=CCCCC. The molecule has 0 aliphatic heterocycles. The number of carbonyl (C=O) groups excluding carboxylic acids is 2. The zero-order chi connectivity index (χ0) is 22.8. The molecule has 0 aliphatic rings. The number of hydrogen-bond acceptors (Lipinski definition) is 3. The highest BCUT2D eigenvalue weighted by Gasteiger charge is 2.09. The van der Waals surface area contributed by atoms with E-state index in [-0.39, 0.29) is 11.9 Å². The Balaban J connectivity index is 3.39. The summed E-state index contributed by atoms with van der Waals surface area (Å²) in [4.78, 5) is 23.5. The van der Waals surface area contributed by atoms with Gasteiger partial charge in [0.05, 0.1) is 0 Å². The predicted octanol–water partition coefficient (Wildman–Crippen LogP) is 9.01. The van der Waals surface area contributed by atoms with Crippen LogP contribution in [0.5, 0.6) is 0 Å². The van der Waals surface area contributed by atoms with Gasteiger partial charge in [-0.1, -0.05) is 102 Å². The summed E-state index contributed by atoms with van der Waals surface area (Å²) >= 11 is 0. The van der Waals surface area contributed by atoms with Crippen molar-refractivity contribution < 1.29 is 14.3 Å². The standard InChI is InChI=1S/C28H50O3/c1-3-5-7-9-11-13-15-17-19-21-23-25-27(29)31-28(30)26-24-22-20-18-16-14-12-10-8-6-4-2/h9-12H,3-8,13-26H2,1-2H3. The van der Waals surface area contributed by atoms with Gasteiger partial charge in [-0.25, -0.2) is 0 Å². The fraction of sp³-hybridized carbons (Fsp3) is 0.786. The Morgan fingerprint density at radius 2 is 0.806 bits per heavy atom. The molecule has 0 rings (SSSR count). The van der Waals surface area contributed by atoms with Crippen molar-refractivity contribution in [3.05, 3.63) is 24.3 Å². The molecule has 0 aromatic carbocycles. The van der Waals surface area contributed by atoms with Crippen LogP contribution in [0.25, 0.3) is 0 Å². The maximum Gasteiger partial charge on any atom is 0.313 e. The molecule has 0 aliphatic carbocycles. The molecule has 0 aromatic rings. The molecule has 0 amide bonds. The van der Waals surface area contributed by atoms with E-state index in [1.807, 2.05) is 0 Å². The summed E-state index contributed by atoms with van der Waals surface area (Å²) in [5, 5.41) is 0. The molecule has 0 aromatic heterocycles. The third-order valence-electron chi connectivity index (χ3n) is 5.51. The highest BCUT2D eigenvalue weighted by Crippen LogP contribution is 2.11. The van der Waals surface area contributed by atoms with Crippen LogP contribution in [0.3, 0.4) is 0 Å². The summed E-state index contributed by atoms with van der Waals surface area (Å²) in [5.41, 5.74) is 0. The van der Waals surface area contributed by atoms with E-state index < -0.39 is 0 Å². The van der Waals surface area contributed by atoms with E-state index in [1.54, 1.807) is 0 Å². The van der Waals surface area contributed by atoms with Gasteiger partial charge in [0, 0.05) is 12.8 Å². The number of esters is 2. The Hall–Kier alpha value is -1.38. The highest BCUT2D eigenvalue weighted by molar-refractivity contribution is 5.85. The minimum atomic E-state index is -0.348. The van der Waals surface area contributed by atoms with Crippen LogP contribution in [0.4, 0.5) is 0 Å². The second kappa shape index (κ2) is 24.9. The maximum absolute atomic E-state index is 11.8. The number of allylic oxidation sites excluding steroid dienone is 4. The van der Waals surface area contributed by atoms with Gasteiger partial charge < -0.3 is 4.74 Å². The van der Waals surface area contributed by atoms with Crippen molar-refractivity contribution >= 4 is 11.9 Å². The summed E-state index contributed by atoms with van der Waals surface area (Å²) in [5.74, 6) is -0.697. The number of carbonyl (C=O) groups is 2. The lowest BCUT2D eigenvalue weighted by Crippen LogP contribution is -2.11. The lowest BCUT2D eigenvalue weighted by atomic mass is 10.1. The summed E-state index contributed by atoms with van der Waals surface area (Å²) < 4.78 is 4.94. The zero-order valence-electron chi connectivity index (χ0n) is 20.7. The molecular formula is C28H50O3. The first-order valence-electron chi connectivity index (χ1n) is 13.2. The van der Waals surface area contributed by atoms with Crippen molar-refractivity contribution in [1.29, 1.82) is 0 Å². The van der Waals surface area contributed by atoms with Gasteiger partial charge in [0.25, 0.3) is 0 Å². The molecule has 0 atom stereocenters. The van der Waals surface area contributed by atoms with Crippen molar-refractivity contribution in [1.82, 2.24) is 0 Å². The highest BCUT2D eigenvalue weighted by atomic mass is 16.6. The Morgan fingerprint density at radius 3 is 1.19 bits per heavy atom. The predicted molar refractivity (Wildman–Crippen MR) is 133 cm³/mol. The fourth-order valence-corrected chi connectivity index (χ4v) is 3.47. The van der Waals surface area contributed by atoms with Gasteiger partial charge in [-0.15, -0.1) is 0 Å². The van der Waals surface area contributed by atoms with Crippen LogP contribution < -0.4 is 0 Å². The van der Waals surface area contributed by atoms with Crippen LogP contribution in [-0.4, -0.2) is 11.9 Å². The minimum absolute atomic E-state index is 0.348. The lowest BCUT2D eigenvalue weighted by molar-refractivity contribution is -0.159. The first-order chi connectivity index (χ1) is 15.2. The van der Waals surface area contributed by atoms with Gasteiger partial charge in [0.15, 0.2) is 0 Å². The normalized spacial score (nSPS) is 11.5. The Morgan fingerprint density at radius 1 is 0.484 bits per heavy atom. The third kappa shape index (κ3) is 24.8. The Kier molecular flexibility index (Phi) is 23.8. The lowest BCUT2D eigenvalue weighted by Gasteiger charge is -2.04. The number of hydrogen-bond donors (Lipinski definition) is 0. The number of rotatable bonds is 22. The van der Waals surface area contributed by atoms with E-state index in [0.717, 1.165) is 51.4 Å². The molecule has 3 heteroatoms. The number of unbranched alkanes of at least 4 members (excludes halogenated alkanes) is 14. The van der Waals surface area contributed by atoms with E-state index >= 15 is 0 Å². The maximum atomic E-state index is 11.8. The van der Waals surface area contributed by atoms with E-state index in [4.69, 9.17) is 4.74 Å². The van der Waals surface area contributed by atoms with Gasteiger partial charge in [-0.05, 0) is 51.4 Å². The van der Waals surface area contributed by atoms with Crippen molar-refractivity contribution in [3.63, 3.8) is 0 Å². The monoisotopic (exact) mass is 434 g/mol. The van der Waals surface area contributed by atoms with Gasteiger partial charge >= 0.3 is 11.9 Å². The average Bonchev–Trinajstić information content (AvgIpc) is 2.75. The van der Waals surface area contributed by atoms with Crippen LogP contribution in [0, 0.1) is 0 Å². The first-order valence-corrected chi connectivity index (χ1v) is 13.2. The molecule has 0 saturated carbocycles. The Labute approximate surface area is 193 Å². The minimum Gasteiger partial charge on any atom is -0.393 e. The summed E-state index contributed by atoms with van der Waals surface area (Å²) in [7, 11) is 0. The van der Waals surface area contributed by atoms with E-state index in [1.165, 1.54) is 64.2 Å². The van der Waals surface area contributed by atoms with Crippen LogP contribution >= 0.6 is 0 Å². The quantitative estimate of drug-likeness (QED) is 0.0738. The molecule has 0 unspecified atom stereocenters. The molecular weight excluding hydrogens is 384 g/mol. The molecule has 0 radical (unpaired) electrons. The molecule has 0 spiro atoms. The molecule has 0 saturated heterocycles. The van der Waals surface area contributed by atoms with Gasteiger partial charge in [0.1, 0.15) is 0 Å². The largest absolute Gasteiger partial charge is 0.393 e. The second-order valence-corrected chi connectivity index (χ2v) is 8.69. The Bertz CT molecular complexity index is 423. The second-order valence-electron chi connectivity index (χ2n) is 8.69. The van der Waals surface area contributed by atoms with Crippen molar-refractivity contribution in [2.45, 2.75) is 142 Å². The molecule has 0 bridgehead atoms. The summed E-state index contributed by atoms with van der Waals surface area (Å²) in [6, 6.07) is 0. The average molecular weight is 435 g/mol. The molecule has 31 heavy (non-hydrogen) atoms. The molecule has 0 N–H and O–H groups in total. The van der Waals surface area contributed by atoms with Crippen LogP contribution in [0.2, 0.25) is 0 Å². The molecule has 3 nitrogen and oxygen atoms in total. The summed E-state index contributed by atoms with van der Waals surface area (Å²) in [6.07, 6.45) is 30.6. The molecule has 0 fully saturated rings. The van der Waals surface area contributed by atoms with E-state index in [2.05, 4.69) is 38.2 Å². The zero-order valence-corrected chi connectivity index (χ0v) is 20.7. The first kappa shape index (κ1) is 29.6. The van der Waals surface area contributed by atoms with Crippen molar-refractivity contribution in [2.75, 3.05) is 0 Å². The smallest absolute Gasteiger partial charge is 0.313 e. The van der Waals surface area contributed by atoms with Crippen LogP contribution in [-0.2, 0) is 14.3 Å². The van der Waals surface area contributed by atoms with E-state index in [9.17, 15) is 9.59 Å². The molecule has 180 valence electrons. The van der Waals surface area contributed by atoms with Gasteiger partial charge in [-0.2, -0.15) is 0 Å². The fourth-order valence-electron chi connectivity index (χ4n) is 3.47. The van der Waals surface area contributed by atoms with Gasteiger partial charge in [-0.3, -0.25) is 9.59 Å². The summed E-state index contributed by atoms with van der Waals surface area (Å²) in [6.45, 7) is 4.44. The van der Waals surface area contributed by atoms with Crippen molar-refractivity contribution in [2.24, 2.45) is 0 Å². The topological polar surface area (TPSA) is 43.4 Å². The van der Waals surface area contributed by atoms with E-state index in [0.29, 0.717) is 12.8 Å². The van der Waals surface area contributed by atoms with Crippen LogP contribution in [0.15, 0.2) is 24.3 Å². The van der Waals surface area contributed by atoms with Gasteiger partial charge in [0.2, 0.25) is 0 Å². The van der Waals surface area contributed by atoms with Crippen molar-refractivity contribution in [3.8, 4) is 0 Å².